The van der Waals surface area contributed by atoms with Crippen LogP contribution in [0, 0.1) is 0 Å². The molecule has 6 heteroatoms. The highest BCUT2D eigenvalue weighted by Gasteiger charge is 2.18. The fraction of sp³-hybridized carbons (Fsp3) is 0.571. The molecule has 0 aliphatic heterocycles. The van der Waals surface area contributed by atoms with Crippen molar-refractivity contribution in [2.75, 3.05) is 32.6 Å². The van der Waals surface area contributed by atoms with Crippen LogP contribution in [0.25, 0.3) is 0 Å². The maximum atomic E-state index is 11.6. The molecule has 27 heavy (non-hydrogen) atoms. The normalized spacial score (nSPS) is 13.1. The number of hydrogen-bond acceptors (Lipinski definition) is 5. The van der Waals surface area contributed by atoms with Crippen LogP contribution in [0.2, 0.25) is 0 Å². The Morgan fingerprint density at radius 1 is 1.30 bits per heavy atom. The molecule has 0 fully saturated rings. The molecule has 0 radical (unpaired) electrons. The molecule has 0 spiro atoms. The third-order valence-corrected chi connectivity index (χ3v) is 4.50. The zero-order valence-corrected chi connectivity index (χ0v) is 17.8. The van der Waals surface area contributed by atoms with Crippen molar-refractivity contribution in [1.29, 1.82) is 0 Å². The quantitative estimate of drug-likeness (QED) is 0.266. The molecule has 0 bridgehead atoms. The van der Waals surface area contributed by atoms with Crippen LogP contribution in [0.5, 0.6) is 0 Å². The summed E-state index contributed by atoms with van der Waals surface area (Å²) >= 11 is 0. The van der Waals surface area contributed by atoms with E-state index in [0.29, 0.717) is 0 Å². The van der Waals surface area contributed by atoms with Gasteiger partial charge in [0.1, 0.15) is 0 Å². The van der Waals surface area contributed by atoms with E-state index in [1.807, 2.05) is 38.0 Å². The topological polar surface area (TPSA) is 57.5 Å². The number of carbonyl (C=O) groups excluding carboxylic acids is 1. The van der Waals surface area contributed by atoms with E-state index < -0.39 is 0 Å². The first-order valence-electron chi connectivity index (χ1n) is 9.41. The summed E-state index contributed by atoms with van der Waals surface area (Å²) in [5, 5.41) is 10.3. The number of esters is 1. The summed E-state index contributed by atoms with van der Waals surface area (Å²) in [6.45, 7) is 9.04. The molecule has 0 aliphatic rings. The summed E-state index contributed by atoms with van der Waals surface area (Å²) in [5.74, 6) is -0.229. The van der Waals surface area contributed by atoms with Gasteiger partial charge in [-0.3, -0.25) is 9.80 Å². The molecule has 0 N–H and O–H groups in total. The minimum absolute atomic E-state index is 0.195. The van der Waals surface area contributed by atoms with Crippen LogP contribution >= 0.6 is 0 Å². The van der Waals surface area contributed by atoms with Crippen molar-refractivity contribution >= 4 is 11.7 Å². The van der Waals surface area contributed by atoms with Gasteiger partial charge >= 0.3 is 5.97 Å². The van der Waals surface area contributed by atoms with Gasteiger partial charge in [0.15, 0.2) is 0 Å². The second-order valence-corrected chi connectivity index (χ2v) is 7.05. The number of methoxy groups -OCH3 is 1. The summed E-state index contributed by atoms with van der Waals surface area (Å²) in [5.41, 5.74) is 3.32. The van der Waals surface area contributed by atoms with Crippen molar-refractivity contribution in [3.63, 3.8) is 0 Å². The molecule has 0 saturated heterocycles. The van der Waals surface area contributed by atoms with Crippen molar-refractivity contribution in [3.8, 4) is 0 Å². The monoisotopic (exact) mass is 374 g/mol. The minimum atomic E-state index is -0.229. The standard InChI is InChI=1S/C21H34N4O2/c1-8-17(4)20(12-13-24(5)23-22-16(2)3)25(6)19-11-9-10-18(14-19)15-21(26)27-7/h8-11,14,16,20H,12-13,15H2,1-7H3/b17-8+,23-22?. The predicted octanol–water partition coefficient (Wildman–Crippen LogP) is 4.27. The number of carbonyl (C=O) groups is 1. The van der Waals surface area contributed by atoms with E-state index in [1.54, 1.807) is 0 Å². The lowest BCUT2D eigenvalue weighted by Crippen LogP contribution is -2.35. The molecule has 150 valence electrons. The van der Waals surface area contributed by atoms with Crippen molar-refractivity contribution in [3.05, 3.63) is 41.5 Å². The predicted molar refractivity (Wildman–Crippen MR) is 111 cm³/mol. The second-order valence-electron chi connectivity index (χ2n) is 7.05. The van der Waals surface area contributed by atoms with Gasteiger partial charge in [-0.2, -0.15) is 5.11 Å². The van der Waals surface area contributed by atoms with Crippen LogP contribution in [0.15, 0.2) is 46.3 Å². The molecule has 0 heterocycles. The third-order valence-electron chi connectivity index (χ3n) is 4.50. The number of anilines is 1. The number of benzene rings is 1. The first kappa shape index (κ1) is 22.7. The Morgan fingerprint density at radius 2 is 2.00 bits per heavy atom. The van der Waals surface area contributed by atoms with Crippen LogP contribution in [0.4, 0.5) is 5.69 Å². The van der Waals surface area contributed by atoms with Gasteiger partial charge in [0.05, 0.1) is 25.6 Å². The van der Waals surface area contributed by atoms with Crippen LogP contribution in [-0.2, 0) is 16.0 Å². The fourth-order valence-corrected chi connectivity index (χ4v) is 2.77. The van der Waals surface area contributed by atoms with Gasteiger partial charge in [0, 0.05) is 26.3 Å². The summed E-state index contributed by atoms with van der Waals surface area (Å²) in [7, 11) is 5.45. The van der Waals surface area contributed by atoms with Gasteiger partial charge < -0.3 is 9.64 Å². The van der Waals surface area contributed by atoms with Gasteiger partial charge in [-0.05, 0) is 51.8 Å². The molecule has 0 amide bonds. The van der Waals surface area contributed by atoms with E-state index in [2.05, 4.69) is 54.3 Å². The number of nitrogens with zero attached hydrogens (tertiary/aromatic N) is 4. The SMILES string of the molecule is C/C=C(\C)C(CCN(C)N=NC(C)C)N(C)c1cccc(CC(=O)OC)c1. The number of rotatable bonds is 10. The van der Waals surface area contributed by atoms with Crippen LogP contribution in [0.3, 0.4) is 0 Å². The lowest BCUT2D eigenvalue weighted by atomic mass is 10.0. The van der Waals surface area contributed by atoms with Crippen molar-refractivity contribution in [2.24, 2.45) is 10.3 Å². The van der Waals surface area contributed by atoms with E-state index in [1.165, 1.54) is 12.7 Å². The van der Waals surface area contributed by atoms with Crippen LogP contribution in [0.1, 0.15) is 39.7 Å². The average Bonchev–Trinajstić information content (AvgIpc) is 2.65. The molecule has 0 aromatic heterocycles. The van der Waals surface area contributed by atoms with Gasteiger partial charge in [-0.25, -0.2) is 0 Å². The molecule has 1 aromatic rings. The number of allylic oxidation sites excluding steroid dienone is 1. The van der Waals surface area contributed by atoms with E-state index in [-0.39, 0.29) is 24.5 Å². The van der Waals surface area contributed by atoms with E-state index in [0.717, 1.165) is 24.2 Å². The maximum absolute atomic E-state index is 11.6. The average molecular weight is 375 g/mol. The summed E-state index contributed by atoms with van der Waals surface area (Å²) in [4.78, 5) is 13.8. The Morgan fingerprint density at radius 3 is 2.59 bits per heavy atom. The molecule has 1 unspecified atom stereocenters. The fourth-order valence-electron chi connectivity index (χ4n) is 2.77. The van der Waals surface area contributed by atoms with Gasteiger partial charge in [0.2, 0.25) is 0 Å². The largest absolute Gasteiger partial charge is 0.469 e. The van der Waals surface area contributed by atoms with Crippen molar-refractivity contribution < 1.29 is 9.53 Å². The van der Waals surface area contributed by atoms with Crippen LogP contribution < -0.4 is 4.90 Å². The summed E-state index contributed by atoms with van der Waals surface area (Å²) in [6, 6.07) is 8.48. The number of likely N-dealkylation sites (N-methyl/N-ethyl adjacent to an activating group) is 1. The van der Waals surface area contributed by atoms with Gasteiger partial charge in [0.25, 0.3) is 0 Å². The zero-order chi connectivity index (χ0) is 20.4. The van der Waals surface area contributed by atoms with Crippen molar-refractivity contribution in [1.82, 2.24) is 5.01 Å². The highest BCUT2D eigenvalue weighted by molar-refractivity contribution is 5.73. The second kappa shape index (κ2) is 11.4. The Kier molecular flexibility index (Phi) is 9.54. The Hall–Kier alpha value is -2.37. The van der Waals surface area contributed by atoms with Gasteiger partial charge in [-0.1, -0.05) is 29.0 Å². The molecule has 1 rings (SSSR count). The molecule has 1 atom stereocenters. The number of hydrogen-bond donors (Lipinski definition) is 0. The van der Waals surface area contributed by atoms with Crippen LogP contribution in [-0.4, -0.2) is 50.8 Å². The Labute approximate surface area is 163 Å². The van der Waals surface area contributed by atoms with Crippen molar-refractivity contribution in [2.45, 2.75) is 52.6 Å². The molecule has 0 aliphatic carbocycles. The summed E-state index contributed by atoms with van der Waals surface area (Å²) in [6.07, 6.45) is 3.35. The maximum Gasteiger partial charge on any atom is 0.309 e. The molecule has 1 aromatic carbocycles. The first-order valence-corrected chi connectivity index (χ1v) is 9.41. The Bertz CT molecular complexity index is 655. The summed E-state index contributed by atoms with van der Waals surface area (Å²) < 4.78 is 4.78. The number of ether oxygens (including phenoxy) is 1. The van der Waals surface area contributed by atoms with E-state index in [9.17, 15) is 4.79 Å². The van der Waals surface area contributed by atoms with E-state index in [4.69, 9.17) is 4.74 Å². The van der Waals surface area contributed by atoms with Gasteiger partial charge in [-0.15, -0.1) is 0 Å². The zero-order valence-electron chi connectivity index (χ0n) is 17.8. The lowest BCUT2D eigenvalue weighted by Gasteiger charge is -2.32. The highest BCUT2D eigenvalue weighted by Crippen LogP contribution is 2.23. The lowest BCUT2D eigenvalue weighted by molar-refractivity contribution is -0.139. The molecular formula is C21H34N4O2. The smallest absolute Gasteiger partial charge is 0.309 e. The molecule has 6 nitrogen and oxygen atoms in total. The molecular weight excluding hydrogens is 340 g/mol. The third kappa shape index (κ3) is 7.81. The highest BCUT2D eigenvalue weighted by atomic mass is 16.5. The van der Waals surface area contributed by atoms with E-state index >= 15 is 0 Å². The molecule has 0 saturated carbocycles. The minimum Gasteiger partial charge on any atom is -0.469 e. The Balaban J connectivity index is 2.90. The first-order chi connectivity index (χ1) is 12.8.